The van der Waals surface area contributed by atoms with Gasteiger partial charge in [0.1, 0.15) is 5.78 Å². The Labute approximate surface area is 264 Å². The van der Waals surface area contributed by atoms with E-state index in [-0.39, 0.29) is 35.3 Å². The van der Waals surface area contributed by atoms with Crippen LogP contribution in [0.3, 0.4) is 0 Å². The van der Waals surface area contributed by atoms with Gasteiger partial charge in [-0.25, -0.2) is 4.98 Å². The van der Waals surface area contributed by atoms with Gasteiger partial charge in [-0.15, -0.1) is 11.3 Å². The molecule has 12 heteroatoms. The molecule has 4 aromatic rings. The summed E-state index contributed by atoms with van der Waals surface area (Å²) in [6, 6.07) is 16.4. The normalized spacial score (nSPS) is 12.9. The van der Waals surface area contributed by atoms with E-state index in [0.29, 0.717) is 22.8 Å². The van der Waals surface area contributed by atoms with Crippen LogP contribution in [0.5, 0.6) is 0 Å². The van der Waals surface area contributed by atoms with Crippen LogP contribution < -0.4 is 11.1 Å². The third-order valence-electron chi connectivity index (χ3n) is 7.29. The Morgan fingerprint density at radius 3 is 2.52 bits per heavy atom. The summed E-state index contributed by atoms with van der Waals surface area (Å²) in [4.78, 5) is 19.6. The predicted molar refractivity (Wildman–Crippen MR) is 170 cm³/mol. The Hall–Kier alpha value is -4.05. The van der Waals surface area contributed by atoms with Crippen molar-refractivity contribution in [2.24, 2.45) is 17.6 Å². The molecule has 0 bridgehead atoms. The lowest BCUT2D eigenvalue weighted by atomic mass is 9.86. The number of alkyl halides is 3. The third kappa shape index (κ3) is 8.11. The Morgan fingerprint density at radius 1 is 1.20 bits per heavy atom. The van der Waals surface area contributed by atoms with Crippen LogP contribution in [0.25, 0.3) is 0 Å². The fourth-order valence-electron chi connectivity index (χ4n) is 5.07. The fourth-order valence-corrected chi connectivity index (χ4v) is 6.22. The zero-order valence-electron chi connectivity index (χ0n) is 24.5. The number of nitrogens with two attached hydrogens (primary N) is 1. The molecule has 0 aliphatic rings. The van der Waals surface area contributed by atoms with Gasteiger partial charge < -0.3 is 20.5 Å². The number of Topliss-reactive ketones (excluding diaryl/α,β-unsaturated/α-hetero) is 1. The van der Waals surface area contributed by atoms with E-state index in [1.54, 1.807) is 24.7 Å². The molecule has 2 heterocycles. The number of hydrogen-bond donors (Lipinski definition) is 2. The molecule has 2 aromatic heterocycles. The maximum atomic E-state index is 13.9. The molecule has 0 aliphatic carbocycles. The SMILES string of the molecule is Cc1csc(NC(=S)N(Cc2ccccc2C(F)(F)F)C(N)[C@@H](C(=O)Cc2cncn2Cc2ccc(C#N)cc2)C(C)C)c1. The number of carbonyl (C=O) groups excluding carboxylic acids is 1. The summed E-state index contributed by atoms with van der Waals surface area (Å²) in [5, 5.41) is 15.0. The number of thiocarbonyl (C=S) groups is 1. The van der Waals surface area contributed by atoms with Crippen molar-refractivity contribution in [2.45, 2.75) is 52.6 Å². The monoisotopic (exact) mass is 638 g/mol. The number of nitriles is 1. The highest BCUT2D eigenvalue weighted by atomic mass is 32.1. The van der Waals surface area contributed by atoms with E-state index in [1.807, 2.05) is 48.9 Å². The molecule has 0 radical (unpaired) electrons. The number of hydrogen-bond acceptors (Lipinski definition) is 6. The highest BCUT2D eigenvalue weighted by molar-refractivity contribution is 7.80. The molecule has 3 N–H and O–H groups in total. The second kappa shape index (κ2) is 14.2. The highest BCUT2D eigenvalue weighted by Gasteiger charge is 2.37. The van der Waals surface area contributed by atoms with E-state index in [9.17, 15) is 18.0 Å². The molecule has 4 rings (SSSR count). The topological polar surface area (TPSA) is 100.0 Å². The van der Waals surface area contributed by atoms with Gasteiger partial charge in [0.25, 0.3) is 0 Å². The fraction of sp³-hybridized carbons (Fsp3) is 0.312. The van der Waals surface area contributed by atoms with Crippen LogP contribution in [-0.2, 0) is 30.5 Å². The molecule has 230 valence electrons. The van der Waals surface area contributed by atoms with E-state index in [1.165, 1.54) is 34.4 Å². The second-order valence-corrected chi connectivity index (χ2v) is 12.2. The van der Waals surface area contributed by atoms with Crippen LogP contribution in [0.2, 0.25) is 0 Å². The second-order valence-electron chi connectivity index (χ2n) is 10.9. The Balaban J connectivity index is 1.61. The minimum absolute atomic E-state index is 0.00240. The van der Waals surface area contributed by atoms with Gasteiger partial charge in [-0.2, -0.15) is 18.4 Å². The molecule has 0 amide bonds. The highest BCUT2D eigenvalue weighted by Crippen LogP contribution is 2.33. The van der Waals surface area contributed by atoms with Crippen LogP contribution in [0, 0.1) is 30.1 Å². The average Bonchev–Trinajstić information content (AvgIpc) is 3.59. The molecule has 0 spiro atoms. The quantitative estimate of drug-likeness (QED) is 0.138. The Bertz CT molecular complexity index is 1640. The largest absolute Gasteiger partial charge is 0.416 e. The summed E-state index contributed by atoms with van der Waals surface area (Å²) < 4.78 is 43.7. The van der Waals surface area contributed by atoms with Crippen molar-refractivity contribution in [1.82, 2.24) is 14.5 Å². The molecule has 1 unspecified atom stereocenters. The zero-order chi connectivity index (χ0) is 32.0. The van der Waals surface area contributed by atoms with Crippen molar-refractivity contribution in [3.63, 3.8) is 0 Å². The van der Waals surface area contributed by atoms with Gasteiger partial charge in [0.15, 0.2) is 5.11 Å². The smallest absolute Gasteiger partial charge is 0.330 e. The van der Waals surface area contributed by atoms with Crippen LogP contribution >= 0.6 is 23.6 Å². The van der Waals surface area contributed by atoms with E-state index in [4.69, 9.17) is 23.2 Å². The van der Waals surface area contributed by atoms with E-state index < -0.39 is 23.8 Å². The number of carbonyl (C=O) groups is 1. The van der Waals surface area contributed by atoms with Gasteiger partial charge in [0.05, 0.1) is 40.6 Å². The average molecular weight is 639 g/mol. The number of aryl methyl sites for hydroxylation is 1. The van der Waals surface area contributed by atoms with Crippen LogP contribution in [0.1, 0.15) is 47.4 Å². The Morgan fingerprint density at radius 2 is 1.91 bits per heavy atom. The number of benzene rings is 2. The third-order valence-corrected chi connectivity index (χ3v) is 8.59. The maximum absolute atomic E-state index is 13.9. The first kappa shape index (κ1) is 32.9. The standard InChI is InChI=1S/C32H33F3N6OS2/c1-20(2)29(27(42)13-25-15-38-19-40(25)16-23-10-8-22(14-36)9-11-23)30(37)41(31(43)39-28-12-21(3)18-44-28)17-24-6-4-5-7-26(24)32(33,34)35/h4-12,15,18-20,29-30H,13,16-17,37H2,1-3H3,(H,39,43)/t29-,30?/m1/s1. The molecule has 0 saturated carbocycles. The first-order valence-electron chi connectivity index (χ1n) is 13.9. The molecule has 0 saturated heterocycles. The van der Waals surface area contributed by atoms with Crippen molar-refractivity contribution < 1.29 is 18.0 Å². The minimum atomic E-state index is -4.58. The number of imidazole rings is 1. The summed E-state index contributed by atoms with van der Waals surface area (Å²) >= 11 is 7.12. The molecular weight excluding hydrogens is 606 g/mol. The lowest BCUT2D eigenvalue weighted by Gasteiger charge is -2.37. The van der Waals surface area contributed by atoms with Crippen LogP contribution in [0.15, 0.2) is 72.5 Å². The summed E-state index contributed by atoms with van der Waals surface area (Å²) in [5.41, 5.74) is 9.17. The van der Waals surface area contributed by atoms with Crippen molar-refractivity contribution >= 4 is 39.5 Å². The molecule has 0 fully saturated rings. The molecule has 2 atom stereocenters. The molecular formula is C32H33F3N6OS2. The Kier molecular flexibility index (Phi) is 10.6. The lowest BCUT2D eigenvalue weighted by molar-refractivity contribution is -0.138. The van der Waals surface area contributed by atoms with Gasteiger partial charge >= 0.3 is 6.18 Å². The summed E-state index contributed by atoms with van der Waals surface area (Å²) in [5.74, 6) is -1.20. The molecule has 44 heavy (non-hydrogen) atoms. The van der Waals surface area contributed by atoms with E-state index in [2.05, 4.69) is 16.4 Å². The van der Waals surface area contributed by atoms with Crippen molar-refractivity contribution in [1.29, 1.82) is 5.26 Å². The van der Waals surface area contributed by atoms with Gasteiger partial charge in [0.2, 0.25) is 0 Å². The number of anilines is 1. The number of halogens is 3. The van der Waals surface area contributed by atoms with Crippen LogP contribution in [0.4, 0.5) is 18.2 Å². The predicted octanol–water partition coefficient (Wildman–Crippen LogP) is 6.76. The number of ketones is 1. The zero-order valence-corrected chi connectivity index (χ0v) is 26.1. The van der Waals surface area contributed by atoms with E-state index >= 15 is 0 Å². The summed E-state index contributed by atoms with van der Waals surface area (Å²) in [7, 11) is 0. The summed E-state index contributed by atoms with van der Waals surface area (Å²) in [6.45, 7) is 5.84. The number of nitrogens with one attached hydrogen (secondary N) is 1. The number of aromatic nitrogens is 2. The first-order valence-corrected chi connectivity index (χ1v) is 15.2. The maximum Gasteiger partial charge on any atom is 0.416 e. The molecule has 7 nitrogen and oxygen atoms in total. The van der Waals surface area contributed by atoms with Crippen molar-refractivity contribution in [2.75, 3.05) is 5.32 Å². The lowest BCUT2D eigenvalue weighted by Crippen LogP contribution is -2.54. The van der Waals surface area contributed by atoms with Gasteiger partial charge in [0, 0.05) is 31.4 Å². The summed E-state index contributed by atoms with van der Waals surface area (Å²) in [6.07, 6.45) is -2.34. The van der Waals surface area contributed by atoms with Gasteiger partial charge in [-0.1, -0.05) is 44.2 Å². The van der Waals surface area contributed by atoms with Crippen molar-refractivity contribution in [3.8, 4) is 6.07 Å². The number of nitrogens with zero attached hydrogens (tertiary/aromatic N) is 4. The number of rotatable bonds is 11. The molecule has 2 aromatic carbocycles. The first-order chi connectivity index (χ1) is 20.9. The van der Waals surface area contributed by atoms with Gasteiger partial charge in [-0.3, -0.25) is 4.79 Å². The minimum Gasteiger partial charge on any atom is -0.330 e. The van der Waals surface area contributed by atoms with E-state index in [0.717, 1.165) is 17.2 Å². The van der Waals surface area contributed by atoms with Gasteiger partial charge in [-0.05, 0) is 71.4 Å². The van der Waals surface area contributed by atoms with Crippen LogP contribution in [-0.4, -0.2) is 31.5 Å². The molecule has 0 aliphatic heterocycles. The van der Waals surface area contributed by atoms with Crippen molar-refractivity contribution in [3.05, 3.63) is 106 Å². The number of thiophene rings is 1.